The summed E-state index contributed by atoms with van der Waals surface area (Å²) in [5.74, 6) is -2.25. The van der Waals surface area contributed by atoms with Crippen LogP contribution >= 0.6 is 0 Å². The molecule has 0 N–H and O–H groups in total. The number of hydrogen-bond donors (Lipinski definition) is 0. The molecule has 0 bridgehead atoms. The van der Waals surface area contributed by atoms with Crippen LogP contribution in [0.2, 0.25) is 0 Å². The second kappa shape index (κ2) is 5.73. The summed E-state index contributed by atoms with van der Waals surface area (Å²) < 4.78 is 48.3. The van der Waals surface area contributed by atoms with E-state index in [0.717, 1.165) is 19.4 Å². The van der Waals surface area contributed by atoms with Crippen LogP contribution in [0.3, 0.4) is 0 Å². The van der Waals surface area contributed by atoms with Gasteiger partial charge >= 0.3 is 16.1 Å². The Morgan fingerprint density at radius 2 is 2.04 bits per heavy atom. The Morgan fingerprint density at radius 1 is 1.36 bits per heavy atom. The summed E-state index contributed by atoms with van der Waals surface area (Å²) in [7, 11) is -1.10. The first-order chi connectivity index (χ1) is 11.6. The molecule has 0 amide bonds. The van der Waals surface area contributed by atoms with Gasteiger partial charge in [0.25, 0.3) is 0 Å². The predicted octanol–water partition coefficient (Wildman–Crippen LogP) is 0.389. The Morgan fingerprint density at radius 3 is 2.64 bits per heavy atom. The highest BCUT2D eigenvalue weighted by Crippen LogP contribution is 2.33. The Bertz CT molecular complexity index is 1060. The molecule has 3 rings (SSSR count). The summed E-state index contributed by atoms with van der Waals surface area (Å²) in [4.78, 5) is 24.4. The van der Waals surface area contributed by atoms with Crippen LogP contribution in [0.25, 0.3) is 10.9 Å². The van der Waals surface area contributed by atoms with E-state index in [0.29, 0.717) is 12.1 Å². The zero-order valence-corrected chi connectivity index (χ0v) is 14.5. The number of methoxy groups -OCH3 is 1. The largest absolute Gasteiger partial charge is 0.465 e. The van der Waals surface area contributed by atoms with Crippen molar-refractivity contribution in [2.75, 3.05) is 32.0 Å². The zero-order valence-electron chi connectivity index (χ0n) is 13.7. The number of rotatable bonds is 3. The minimum absolute atomic E-state index is 0.0530. The van der Waals surface area contributed by atoms with Gasteiger partial charge in [-0.25, -0.2) is 9.18 Å². The first-order valence-electron chi connectivity index (χ1n) is 7.24. The summed E-state index contributed by atoms with van der Waals surface area (Å²) in [5.41, 5.74) is -0.385. The molecule has 8 nitrogen and oxygen atoms in total. The second-order valence-corrected chi connectivity index (χ2v) is 7.26. The molecule has 25 heavy (non-hydrogen) atoms. The molecule has 0 atom stereocenters. The number of pyridine rings is 1. The fraction of sp³-hybridized carbons (Fsp3) is 0.333. The molecule has 0 fully saturated rings. The molecule has 0 aliphatic carbocycles. The smallest absolute Gasteiger partial charge is 0.343 e. The molecule has 0 radical (unpaired) electrons. The molecule has 1 aromatic heterocycles. The van der Waals surface area contributed by atoms with Crippen molar-refractivity contribution in [3.63, 3.8) is 0 Å². The van der Waals surface area contributed by atoms with Crippen molar-refractivity contribution in [3.05, 3.63) is 39.4 Å². The van der Waals surface area contributed by atoms with Crippen molar-refractivity contribution in [3.8, 4) is 5.75 Å². The number of ether oxygens (including phenoxy) is 1. The van der Waals surface area contributed by atoms with Gasteiger partial charge in [0.05, 0.1) is 24.3 Å². The van der Waals surface area contributed by atoms with Crippen LogP contribution in [0.4, 0.5) is 4.39 Å². The van der Waals surface area contributed by atoms with Gasteiger partial charge < -0.3 is 13.9 Å². The van der Waals surface area contributed by atoms with Crippen LogP contribution in [0.5, 0.6) is 5.75 Å². The topological polar surface area (TPSA) is 94.9 Å². The highest BCUT2D eigenvalue weighted by Gasteiger charge is 2.28. The number of aromatic nitrogens is 1. The number of likely N-dealkylation sites (N-methyl/N-ethyl adjacent to an activating group) is 1. The quantitative estimate of drug-likeness (QED) is 0.570. The molecule has 134 valence electrons. The lowest BCUT2D eigenvalue weighted by molar-refractivity contribution is 0.0598. The van der Waals surface area contributed by atoms with Crippen molar-refractivity contribution in [1.82, 2.24) is 4.68 Å². The average molecular weight is 370 g/mol. The molecule has 1 aliphatic rings. The van der Waals surface area contributed by atoms with Crippen LogP contribution in [0.15, 0.2) is 17.1 Å². The maximum atomic E-state index is 14.5. The summed E-state index contributed by atoms with van der Waals surface area (Å²) >= 11 is 0. The fourth-order valence-corrected chi connectivity index (χ4v) is 3.36. The standard InChI is InChI=1S/C15H15FN2O6S/c1-17-5-4-8-12-9(6-11(16)14(8)24-25(3,21)22)13(19)10(7-18(12)17)15(20)23-2/h6-7H,4-5H2,1-3H3. The number of hydrogen-bond acceptors (Lipinski definition) is 7. The minimum Gasteiger partial charge on any atom is -0.465 e. The molecule has 0 saturated heterocycles. The van der Waals surface area contributed by atoms with E-state index in [4.69, 9.17) is 4.18 Å². The molecule has 10 heteroatoms. The lowest BCUT2D eigenvalue weighted by atomic mass is 10.0. The van der Waals surface area contributed by atoms with Crippen molar-refractivity contribution in [2.24, 2.45) is 0 Å². The molecule has 0 saturated carbocycles. The molecule has 1 aromatic carbocycles. The van der Waals surface area contributed by atoms with Crippen LogP contribution in [0, 0.1) is 5.82 Å². The van der Waals surface area contributed by atoms with E-state index in [1.807, 2.05) is 0 Å². The van der Waals surface area contributed by atoms with Crippen LogP contribution in [-0.2, 0) is 21.3 Å². The summed E-state index contributed by atoms with van der Waals surface area (Å²) in [6, 6.07) is 0.879. The highest BCUT2D eigenvalue weighted by molar-refractivity contribution is 7.86. The van der Waals surface area contributed by atoms with Gasteiger partial charge in [-0.1, -0.05) is 0 Å². The first-order valence-corrected chi connectivity index (χ1v) is 9.05. The van der Waals surface area contributed by atoms with Gasteiger partial charge in [-0.2, -0.15) is 8.42 Å². The van der Waals surface area contributed by atoms with Gasteiger partial charge in [0.2, 0.25) is 5.43 Å². The number of carbonyl (C=O) groups is 1. The van der Waals surface area contributed by atoms with Crippen molar-refractivity contribution < 1.29 is 26.5 Å². The van der Waals surface area contributed by atoms with Crippen molar-refractivity contribution >= 4 is 27.0 Å². The Labute approximate surface area is 142 Å². The third kappa shape index (κ3) is 2.82. The number of halogens is 1. The van der Waals surface area contributed by atoms with Crippen molar-refractivity contribution in [1.29, 1.82) is 0 Å². The molecule has 0 unspecified atom stereocenters. The molecule has 1 aliphatic heterocycles. The fourth-order valence-electron chi connectivity index (χ4n) is 2.88. The maximum Gasteiger partial charge on any atom is 0.343 e. The normalized spacial score (nSPS) is 13.8. The Balaban J connectivity index is 2.44. The molecule has 0 spiro atoms. The minimum atomic E-state index is -3.95. The number of nitrogens with zero attached hydrogens (tertiary/aromatic N) is 2. The third-order valence-electron chi connectivity index (χ3n) is 3.97. The van der Waals surface area contributed by atoms with Crippen LogP contribution in [0.1, 0.15) is 15.9 Å². The molecular formula is C15H15FN2O6S. The van der Waals surface area contributed by atoms with Crippen LogP contribution < -0.4 is 14.6 Å². The van der Waals surface area contributed by atoms with E-state index in [9.17, 15) is 22.4 Å². The summed E-state index contributed by atoms with van der Waals surface area (Å²) in [5, 5.41) is 1.66. The first kappa shape index (κ1) is 17.2. The predicted molar refractivity (Wildman–Crippen MR) is 87.7 cm³/mol. The van der Waals surface area contributed by atoms with E-state index >= 15 is 0 Å². The average Bonchev–Trinajstić information content (AvgIpc) is 2.53. The lowest BCUT2D eigenvalue weighted by Gasteiger charge is -2.31. The van der Waals surface area contributed by atoms with Gasteiger partial charge in [0.15, 0.2) is 11.6 Å². The van der Waals surface area contributed by atoms with E-state index in [1.54, 1.807) is 12.1 Å². The maximum absolute atomic E-state index is 14.5. The monoisotopic (exact) mass is 370 g/mol. The van der Waals surface area contributed by atoms with E-state index in [-0.39, 0.29) is 22.9 Å². The summed E-state index contributed by atoms with van der Waals surface area (Å²) in [6.07, 6.45) is 2.37. The SMILES string of the molecule is COC(=O)c1cn2c3c(c(OS(C)(=O)=O)c(F)cc3c1=O)CCN2C. The van der Waals surface area contributed by atoms with Gasteiger partial charge in [-0.15, -0.1) is 0 Å². The van der Waals surface area contributed by atoms with Gasteiger partial charge in [-0.3, -0.25) is 9.47 Å². The second-order valence-electron chi connectivity index (χ2n) is 5.69. The zero-order chi connectivity index (χ0) is 18.5. The molecular weight excluding hydrogens is 355 g/mol. The van der Waals surface area contributed by atoms with Crippen LogP contribution in [-0.4, -0.2) is 46.0 Å². The summed E-state index contributed by atoms with van der Waals surface area (Å²) in [6.45, 7) is 0.398. The van der Waals surface area contributed by atoms with Crippen molar-refractivity contribution in [2.45, 2.75) is 6.42 Å². The Kier molecular flexibility index (Phi) is 3.94. The van der Waals surface area contributed by atoms with Gasteiger partial charge in [0.1, 0.15) is 5.56 Å². The van der Waals surface area contributed by atoms with Gasteiger partial charge in [0, 0.05) is 25.4 Å². The van der Waals surface area contributed by atoms with E-state index in [2.05, 4.69) is 4.74 Å². The van der Waals surface area contributed by atoms with E-state index < -0.39 is 33.1 Å². The number of carbonyl (C=O) groups excluding carboxylic acids is 1. The van der Waals surface area contributed by atoms with E-state index in [1.165, 1.54) is 10.9 Å². The highest BCUT2D eigenvalue weighted by atomic mass is 32.2. The van der Waals surface area contributed by atoms with Gasteiger partial charge in [-0.05, 0) is 12.5 Å². The number of esters is 1. The molecule has 2 aromatic rings. The number of benzene rings is 1. The Hall–Kier alpha value is -2.62. The molecule has 2 heterocycles. The third-order valence-corrected chi connectivity index (χ3v) is 4.44. The lowest BCUT2D eigenvalue weighted by Crippen LogP contribution is -2.38.